The lowest BCUT2D eigenvalue weighted by atomic mass is 10.1. The van der Waals surface area contributed by atoms with Crippen LogP contribution in [0.2, 0.25) is 0 Å². The molecule has 2 aromatic rings. The lowest BCUT2D eigenvalue weighted by Crippen LogP contribution is -2.23. The van der Waals surface area contributed by atoms with Gasteiger partial charge in [0.2, 0.25) is 0 Å². The Labute approximate surface area is 143 Å². The maximum absolute atomic E-state index is 12.3. The van der Waals surface area contributed by atoms with Gasteiger partial charge in [-0.1, -0.05) is 30.3 Å². The lowest BCUT2D eigenvalue weighted by Gasteiger charge is -2.13. The smallest absolute Gasteiger partial charge is 0.262 e. The number of hydrogen-bond acceptors (Lipinski definition) is 2. The zero-order chi connectivity index (χ0) is 17.7. The number of aromatic nitrogens is 1. The van der Waals surface area contributed by atoms with Crippen LogP contribution in [0.15, 0.2) is 42.0 Å². The van der Waals surface area contributed by atoms with Gasteiger partial charge in [-0.3, -0.25) is 4.79 Å². The van der Waals surface area contributed by atoms with Crippen molar-refractivity contribution >= 4 is 12.0 Å². The molecule has 1 aromatic heterocycles. The number of benzene rings is 1. The summed E-state index contributed by atoms with van der Waals surface area (Å²) in [5.74, 6) is -0.351. The van der Waals surface area contributed by atoms with E-state index in [0.29, 0.717) is 12.6 Å². The van der Waals surface area contributed by atoms with Gasteiger partial charge in [-0.25, -0.2) is 0 Å². The topological polar surface area (TPSA) is 57.8 Å². The van der Waals surface area contributed by atoms with Gasteiger partial charge in [0, 0.05) is 24.0 Å². The molecule has 4 nitrogen and oxygen atoms in total. The minimum atomic E-state index is -0.351. The van der Waals surface area contributed by atoms with Crippen LogP contribution in [0, 0.1) is 25.2 Å². The summed E-state index contributed by atoms with van der Waals surface area (Å²) in [7, 11) is 0. The number of nitriles is 1. The fourth-order valence-corrected chi connectivity index (χ4v) is 2.92. The van der Waals surface area contributed by atoms with Crippen molar-refractivity contribution in [3.8, 4) is 6.07 Å². The lowest BCUT2D eigenvalue weighted by molar-refractivity contribution is -0.117. The van der Waals surface area contributed by atoms with Crippen molar-refractivity contribution in [2.24, 2.45) is 0 Å². The summed E-state index contributed by atoms with van der Waals surface area (Å²) >= 11 is 0. The van der Waals surface area contributed by atoms with E-state index in [1.54, 1.807) is 6.08 Å². The van der Waals surface area contributed by atoms with E-state index in [2.05, 4.69) is 23.7 Å². The molecule has 0 bridgehead atoms. The maximum atomic E-state index is 12.3. The molecular formula is C20H23N3O. The molecule has 2 rings (SSSR count). The molecule has 1 heterocycles. The highest BCUT2D eigenvalue weighted by molar-refractivity contribution is 6.01. The van der Waals surface area contributed by atoms with Crippen LogP contribution >= 0.6 is 0 Å². The Morgan fingerprint density at radius 1 is 1.29 bits per heavy atom. The van der Waals surface area contributed by atoms with Crippen LogP contribution in [-0.4, -0.2) is 10.5 Å². The molecule has 0 aliphatic rings. The van der Waals surface area contributed by atoms with E-state index >= 15 is 0 Å². The molecule has 124 valence electrons. The van der Waals surface area contributed by atoms with Gasteiger partial charge >= 0.3 is 0 Å². The molecule has 0 unspecified atom stereocenters. The number of carbonyl (C=O) groups is 1. The Kier molecular flexibility index (Phi) is 5.59. The highest BCUT2D eigenvalue weighted by Crippen LogP contribution is 2.22. The maximum Gasteiger partial charge on any atom is 0.262 e. The van der Waals surface area contributed by atoms with Crippen molar-refractivity contribution in [2.75, 3.05) is 0 Å². The van der Waals surface area contributed by atoms with Crippen LogP contribution in [-0.2, 0) is 11.3 Å². The number of carbonyl (C=O) groups excluding carboxylic acids is 1. The number of nitrogens with zero attached hydrogens (tertiary/aromatic N) is 2. The van der Waals surface area contributed by atoms with Gasteiger partial charge in [0.15, 0.2) is 0 Å². The molecule has 1 N–H and O–H groups in total. The number of aryl methyl sites for hydroxylation is 1. The molecule has 0 aliphatic carbocycles. The molecule has 1 aromatic carbocycles. The monoisotopic (exact) mass is 321 g/mol. The van der Waals surface area contributed by atoms with E-state index in [9.17, 15) is 10.1 Å². The first-order valence-electron chi connectivity index (χ1n) is 8.06. The number of nitrogens with one attached hydrogen (secondary N) is 1. The van der Waals surface area contributed by atoms with Crippen molar-refractivity contribution < 1.29 is 4.79 Å². The van der Waals surface area contributed by atoms with Crippen LogP contribution in [0.5, 0.6) is 0 Å². The standard InChI is InChI=1S/C20H23N3O/c1-14(2)23-15(3)10-18(16(23)4)11-19(12-21)20(24)22-13-17-8-6-5-7-9-17/h5-11,14H,13H2,1-4H3,(H,22,24)/b19-11+. The highest BCUT2D eigenvalue weighted by Gasteiger charge is 2.13. The molecule has 0 fully saturated rings. The average Bonchev–Trinajstić information content (AvgIpc) is 2.85. The zero-order valence-corrected chi connectivity index (χ0v) is 14.6. The van der Waals surface area contributed by atoms with Gasteiger partial charge in [-0.2, -0.15) is 5.26 Å². The minimum absolute atomic E-state index is 0.120. The second kappa shape index (κ2) is 7.65. The minimum Gasteiger partial charge on any atom is -0.347 e. The second-order valence-electron chi connectivity index (χ2n) is 6.13. The Morgan fingerprint density at radius 3 is 2.50 bits per heavy atom. The van der Waals surface area contributed by atoms with E-state index in [1.807, 2.05) is 56.3 Å². The van der Waals surface area contributed by atoms with Crippen LogP contribution in [0.4, 0.5) is 0 Å². The molecule has 0 saturated carbocycles. The zero-order valence-electron chi connectivity index (χ0n) is 14.6. The first-order valence-corrected chi connectivity index (χ1v) is 8.06. The van der Waals surface area contributed by atoms with Gasteiger partial charge in [-0.15, -0.1) is 0 Å². The van der Waals surface area contributed by atoms with Crippen molar-refractivity contribution in [2.45, 2.75) is 40.3 Å². The number of hydrogen-bond donors (Lipinski definition) is 1. The molecule has 0 atom stereocenters. The van der Waals surface area contributed by atoms with E-state index in [1.165, 1.54) is 0 Å². The van der Waals surface area contributed by atoms with Crippen LogP contribution in [0.25, 0.3) is 6.08 Å². The summed E-state index contributed by atoms with van der Waals surface area (Å²) in [6.07, 6.45) is 1.67. The van der Waals surface area contributed by atoms with Gasteiger partial charge < -0.3 is 9.88 Å². The summed E-state index contributed by atoms with van der Waals surface area (Å²) in [5.41, 5.74) is 4.21. The van der Waals surface area contributed by atoms with Gasteiger partial charge in [0.1, 0.15) is 11.6 Å². The molecular weight excluding hydrogens is 298 g/mol. The van der Waals surface area contributed by atoms with E-state index < -0.39 is 0 Å². The molecule has 0 radical (unpaired) electrons. The van der Waals surface area contributed by atoms with Crippen LogP contribution in [0.3, 0.4) is 0 Å². The molecule has 24 heavy (non-hydrogen) atoms. The fourth-order valence-electron chi connectivity index (χ4n) is 2.92. The summed E-state index contributed by atoms with van der Waals surface area (Å²) in [4.78, 5) is 12.3. The quantitative estimate of drug-likeness (QED) is 0.670. The molecule has 4 heteroatoms. The summed E-state index contributed by atoms with van der Waals surface area (Å²) in [6.45, 7) is 8.68. The Hall–Kier alpha value is -2.80. The fraction of sp³-hybridized carbons (Fsp3) is 0.300. The van der Waals surface area contributed by atoms with E-state index in [0.717, 1.165) is 22.5 Å². The van der Waals surface area contributed by atoms with Crippen LogP contribution < -0.4 is 5.32 Å². The molecule has 0 aliphatic heterocycles. The Bertz CT molecular complexity index is 792. The summed E-state index contributed by atoms with van der Waals surface area (Å²) < 4.78 is 2.20. The van der Waals surface area contributed by atoms with Crippen molar-refractivity contribution in [3.05, 3.63) is 64.5 Å². The van der Waals surface area contributed by atoms with Crippen LogP contribution in [0.1, 0.15) is 42.4 Å². The Morgan fingerprint density at radius 2 is 1.96 bits per heavy atom. The molecule has 0 saturated heterocycles. The predicted octanol–water partition coefficient (Wildman–Crippen LogP) is 3.91. The predicted molar refractivity (Wildman–Crippen MR) is 96.2 cm³/mol. The SMILES string of the molecule is Cc1cc(/C=C(\C#N)C(=O)NCc2ccccc2)c(C)n1C(C)C. The largest absolute Gasteiger partial charge is 0.347 e. The first-order chi connectivity index (χ1) is 11.4. The molecule has 1 amide bonds. The van der Waals surface area contributed by atoms with E-state index in [4.69, 9.17) is 0 Å². The van der Waals surface area contributed by atoms with Crippen molar-refractivity contribution in [3.63, 3.8) is 0 Å². The highest BCUT2D eigenvalue weighted by atomic mass is 16.1. The third-order valence-electron chi connectivity index (χ3n) is 4.00. The summed E-state index contributed by atoms with van der Waals surface area (Å²) in [6, 6.07) is 14.0. The normalized spacial score (nSPS) is 11.4. The van der Waals surface area contributed by atoms with E-state index in [-0.39, 0.29) is 11.5 Å². The third kappa shape index (κ3) is 3.94. The summed E-state index contributed by atoms with van der Waals surface area (Å²) in [5, 5.41) is 12.1. The third-order valence-corrected chi connectivity index (χ3v) is 4.00. The van der Waals surface area contributed by atoms with Gasteiger partial charge in [-0.05, 0) is 51.0 Å². The average molecular weight is 321 g/mol. The Balaban J connectivity index is 2.19. The first kappa shape index (κ1) is 17.6. The second-order valence-corrected chi connectivity index (χ2v) is 6.13. The number of amides is 1. The van der Waals surface area contributed by atoms with Gasteiger partial charge in [0.05, 0.1) is 0 Å². The number of rotatable bonds is 5. The molecule has 0 spiro atoms. The van der Waals surface area contributed by atoms with Crippen molar-refractivity contribution in [1.82, 2.24) is 9.88 Å². The van der Waals surface area contributed by atoms with Gasteiger partial charge in [0.25, 0.3) is 5.91 Å². The van der Waals surface area contributed by atoms with Crippen molar-refractivity contribution in [1.29, 1.82) is 5.26 Å².